The van der Waals surface area contributed by atoms with E-state index < -0.39 is 34.3 Å². The molecule has 0 aliphatic carbocycles. The van der Waals surface area contributed by atoms with Crippen LogP contribution in [0.25, 0.3) is 0 Å². The summed E-state index contributed by atoms with van der Waals surface area (Å²) in [6, 6.07) is 0. The van der Waals surface area contributed by atoms with Crippen molar-refractivity contribution in [2.24, 2.45) is 0 Å². The second kappa shape index (κ2) is 8.18. The summed E-state index contributed by atoms with van der Waals surface area (Å²) < 4.78 is 38.3. The van der Waals surface area contributed by atoms with Crippen LogP contribution in [0, 0.1) is 0 Å². The standard InChI is InChI=1S/C8H21O9P3/c1-2-6-17-20(15,16)8(19(12,13)14)5-3-4-7-18(9,10)11/h8H,2-7H2,1H3,(H,15,16)(H2,9,10,11)(H2,12,13,14). The van der Waals surface area contributed by atoms with Gasteiger partial charge in [0.15, 0.2) is 5.40 Å². The van der Waals surface area contributed by atoms with E-state index in [1.54, 1.807) is 6.92 Å². The largest absolute Gasteiger partial charge is 0.343 e. The summed E-state index contributed by atoms with van der Waals surface area (Å²) in [5.74, 6) is 0. The van der Waals surface area contributed by atoms with Gasteiger partial charge in [0.2, 0.25) is 0 Å². The van der Waals surface area contributed by atoms with Crippen molar-refractivity contribution in [2.75, 3.05) is 12.8 Å². The lowest BCUT2D eigenvalue weighted by Gasteiger charge is -2.23. The molecule has 9 nitrogen and oxygen atoms in total. The van der Waals surface area contributed by atoms with Crippen molar-refractivity contribution in [1.82, 2.24) is 0 Å². The molecule has 0 amide bonds. The first-order valence-corrected chi connectivity index (χ1v) is 11.1. The van der Waals surface area contributed by atoms with Crippen molar-refractivity contribution < 1.29 is 42.7 Å². The monoisotopic (exact) mass is 354 g/mol. The molecule has 0 aromatic heterocycles. The van der Waals surface area contributed by atoms with Gasteiger partial charge in [-0.2, -0.15) is 0 Å². The summed E-state index contributed by atoms with van der Waals surface area (Å²) in [6.45, 7) is 1.57. The van der Waals surface area contributed by atoms with Crippen molar-refractivity contribution in [1.29, 1.82) is 0 Å². The lowest BCUT2D eigenvalue weighted by atomic mass is 10.3. The van der Waals surface area contributed by atoms with Gasteiger partial charge in [0, 0.05) is 6.16 Å². The molecule has 0 rings (SSSR count). The van der Waals surface area contributed by atoms with Gasteiger partial charge in [-0.25, -0.2) is 0 Å². The molecule has 2 unspecified atom stereocenters. The topological polar surface area (TPSA) is 162 Å². The van der Waals surface area contributed by atoms with Gasteiger partial charge in [-0.3, -0.25) is 13.7 Å². The van der Waals surface area contributed by atoms with E-state index in [4.69, 9.17) is 19.6 Å². The zero-order valence-corrected chi connectivity index (χ0v) is 13.7. The Balaban J connectivity index is 4.64. The molecule has 122 valence electrons. The minimum Gasteiger partial charge on any atom is -0.324 e. The maximum atomic E-state index is 11.8. The molecular weight excluding hydrogens is 333 g/mol. The Bertz CT molecular complexity index is 425. The summed E-state index contributed by atoms with van der Waals surface area (Å²) >= 11 is 0. The lowest BCUT2D eigenvalue weighted by Crippen LogP contribution is -2.12. The van der Waals surface area contributed by atoms with Gasteiger partial charge in [0.1, 0.15) is 0 Å². The average Bonchev–Trinajstić information content (AvgIpc) is 2.22. The van der Waals surface area contributed by atoms with Crippen LogP contribution in [0.1, 0.15) is 32.6 Å². The van der Waals surface area contributed by atoms with E-state index in [2.05, 4.69) is 4.52 Å². The van der Waals surface area contributed by atoms with Crippen LogP contribution in [0.5, 0.6) is 0 Å². The van der Waals surface area contributed by atoms with Crippen LogP contribution in [-0.2, 0) is 18.2 Å². The molecule has 20 heavy (non-hydrogen) atoms. The Morgan fingerprint density at radius 1 is 1.00 bits per heavy atom. The first-order valence-electron chi connectivity index (χ1n) is 5.97. The van der Waals surface area contributed by atoms with Gasteiger partial charge in [0.05, 0.1) is 6.61 Å². The SMILES string of the molecule is CCCOP(=O)(O)C(CCCCP(=O)(O)O)P(=O)(O)O. The van der Waals surface area contributed by atoms with Crippen LogP contribution in [0.2, 0.25) is 0 Å². The molecule has 0 aliphatic heterocycles. The molecule has 0 aromatic rings. The number of unbranched alkanes of at least 4 members (excludes halogenated alkanes) is 1. The van der Waals surface area contributed by atoms with Gasteiger partial charge in [-0.15, -0.1) is 0 Å². The summed E-state index contributed by atoms with van der Waals surface area (Å²) in [5, 5.41) is -1.86. The quantitative estimate of drug-likeness (QED) is 0.289. The highest BCUT2D eigenvalue weighted by atomic mass is 31.2. The number of hydrogen-bond acceptors (Lipinski definition) is 4. The molecule has 0 aliphatic rings. The van der Waals surface area contributed by atoms with Crippen molar-refractivity contribution in [3.05, 3.63) is 0 Å². The zero-order chi connectivity index (χ0) is 16.0. The Kier molecular flexibility index (Phi) is 8.36. The highest BCUT2D eigenvalue weighted by molar-refractivity contribution is 7.71. The lowest BCUT2D eigenvalue weighted by molar-refractivity contribution is 0.250. The van der Waals surface area contributed by atoms with E-state index in [1.165, 1.54) is 0 Å². The molecule has 0 saturated carbocycles. The molecule has 0 aromatic carbocycles. The minimum atomic E-state index is -4.85. The van der Waals surface area contributed by atoms with Crippen molar-refractivity contribution >= 4 is 22.8 Å². The third-order valence-corrected chi connectivity index (χ3v) is 7.68. The third kappa shape index (κ3) is 8.67. The molecule has 0 bridgehead atoms. The van der Waals surface area contributed by atoms with Gasteiger partial charge >= 0.3 is 22.8 Å². The van der Waals surface area contributed by atoms with Gasteiger partial charge in [0.25, 0.3) is 0 Å². The molecule has 0 saturated heterocycles. The van der Waals surface area contributed by atoms with Gasteiger partial charge in [-0.05, 0) is 19.3 Å². The predicted molar refractivity (Wildman–Crippen MR) is 72.7 cm³/mol. The third-order valence-electron chi connectivity index (χ3n) is 2.41. The highest BCUT2D eigenvalue weighted by Crippen LogP contribution is 2.64. The van der Waals surface area contributed by atoms with Crippen molar-refractivity contribution in [2.45, 2.75) is 38.0 Å². The predicted octanol–water partition coefficient (Wildman–Crippen LogP) is 1.45. The molecule has 5 N–H and O–H groups in total. The molecule has 0 spiro atoms. The highest BCUT2D eigenvalue weighted by Gasteiger charge is 2.44. The molecule has 2 atom stereocenters. The number of rotatable bonds is 10. The van der Waals surface area contributed by atoms with E-state index in [1.807, 2.05) is 0 Å². The van der Waals surface area contributed by atoms with Crippen molar-refractivity contribution in [3.8, 4) is 0 Å². The van der Waals surface area contributed by atoms with Crippen LogP contribution >= 0.6 is 22.8 Å². The van der Waals surface area contributed by atoms with Crippen LogP contribution in [0.15, 0.2) is 0 Å². The van der Waals surface area contributed by atoms with E-state index in [0.717, 1.165) is 0 Å². The summed E-state index contributed by atoms with van der Waals surface area (Å²) in [7, 11) is -13.5. The fourth-order valence-electron chi connectivity index (χ4n) is 1.47. The average molecular weight is 354 g/mol. The zero-order valence-electron chi connectivity index (χ0n) is 11.0. The maximum absolute atomic E-state index is 11.8. The Hall–Kier alpha value is 0.450. The van der Waals surface area contributed by atoms with Gasteiger partial charge < -0.3 is 29.0 Å². The second-order valence-electron chi connectivity index (χ2n) is 4.35. The van der Waals surface area contributed by atoms with Crippen LogP contribution in [-0.4, -0.2) is 42.6 Å². The minimum absolute atomic E-state index is 0.000914. The Morgan fingerprint density at radius 3 is 1.95 bits per heavy atom. The van der Waals surface area contributed by atoms with E-state index in [0.29, 0.717) is 6.42 Å². The molecule has 0 radical (unpaired) electrons. The number of hydrogen-bond donors (Lipinski definition) is 5. The first kappa shape index (κ1) is 20.5. The summed E-state index contributed by atoms with van der Waals surface area (Å²) in [6.07, 6.45) is -0.375. The van der Waals surface area contributed by atoms with Gasteiger partial charge in [-0.1, -0.05) is 13.3 Å². The van der Waals surface area contributed by atoms with E-state index in [-0.39, 0.29) is 25.9 Å². The Morgan fingerprint density at radius 2 is 1.55 bits per heavy atom. The molecular formula is C8H21O9P3. The Labute approximate surface area is 117 Å². The molecule has 0 heterocycles. The first-order chi connectivity index (χ1) is 8.90. The fraction of sp³-hybridized carbons (Fsp3) is 1.00. The fourth-order valence-corrected chi connectivity index (χ4v) is 5.47. The normalized spacial score (nSPS) is 17.7. The van der Waals surface area contributed by atoms with Crippen LogP contribution < -0.4 is 0 Å². The van der Waals surface area contributed by atoms with Crippen molar-refractivity contribution in [3.63, 3.8) is 0 Å². The van der Waals surface area contributed by atoms with E-state index >= 15 is 0 Å². The van der Waals surface area contributed by atoms with E-state index in [9.17, 15) is 18.6 Å². The van der Waals surface area contributed by atoms with Crippen LogP contribution in [0.4, 0.5) is 0 Å². The maximum Gasteiger partial charge on any atom is 0.343 e. The summed E-state index contributed by atoms with van der Waals surface area (Å²) in [4.78, 5) is 45.1. The molecule has 0 fully saturated rings. The van der Waals surface area contributed by atoms with Crippen LogP contribution in [0.3, 0.4) is 0 Å². The molecule has 12 heteroatoms. The summed E-state index contributed by atoms with van der Waals surface area (Å²) in [5.41, 5.74) is 0. The smallest absolute Gasteiger partial charge is 0.324 e. The second-order valence-corrected chi connectivity index (χ2v) is 10.3.